The Labute approximate surface area is 180 Å². The molecule has 0 amide bonds. The maximum absolute atomic E-state index is 14.7. The number of fused-ring (bicyclic) bond motifs is 5. The van der Waals surface area contributed by atoms with Crippen molar-refractivity contribution in [1.82, 2.24) is 4.98 Å². The van der Waals surface area contributed by atoms with Crippen molar-refractivity contribution >= 4 is 23.1 Å². The number of halogens is 2. The van der Waals surface area contributed by atoms with Gasteiger partial charge in [-0.1, -0.05) is 18.2 Å². The van der Waals surface area contributed by atoms with E-state index in [4.69, 9.17) is 4.74 Å². The Hall–Kier alpha value is -3.47. The van der Waals surface area contributed by atoms with Gasteiger partial charge in [-0.3, -0.25) is 4.98 Å². The van der Waals surface area contributed by atoms with E-state index in [9.17, 15) is 8.78 Å². The standard InChI is InChI=1S/C26H22F2N2O/c1-14-6-5-9-29-21(14)12-22-24-17(18-10-16(27)11-19(28)25(18)31-22)7-8-20-23(24)15(2)13-26(3,4)30-20/h5-13,30H,1-4H3/b22-12-. The fourth-order valence-corrected chi connectivity index (χ4v) is 4.49. The second-order valence-corrected chi connectivity index (χ2v) is 8.67. The number of ether oxygens (including phenoxy) is 1. The molecule has 0 saturated heterocycles. The summed E-state index contributed by atoms with van der Waals surface area (Å²) < 4.78 is 34.9. The topological polar surface area (TPSA) is 34.2 Å². The summed E-state index contributed by atoms with van der Waals surface area (Å²) in [6, 6.07) is 9.87. The minimum absolute atomic E-state index is 0.0272. The van der Waals surface area contributed by atoms with Gasteiger partial charge in [0.2, 0.25) is 0 Å². The van der Waals surface area contributed by atoms with Crippen LogP contribution in [0.5, 0.6) is 5.75 Å². The molecule has 31 heavy (non-hydrogen) atoms. The summed E-state index contributed by atoms with van der Waals surface area (Å²) in [5.41, 5.74) is 6.43. The summed E-state index contributed by atoms with van der Waals surface area (Å²) in [7, 11) is 0. The monoisotopic (exact) mass is 416 g/mol. The zero-order valence-electron chi connectivity index (χ0n) is 17.8. The molecule has 3 aromatic rings. The van der Waals surface area contributed by atoms with Crippen molar-refractivity contribution in [2.45, 2.75) is 33.2 Å². The average molecular weight is 416 g/mol. The van der Waals surface area contributed by atoms with Crippen molar-refractivity contribution in [3.8, 4) is 16.9 Å². The van der Waals surface area contributed by atoms with Crippen LogP contribution >= 0.6 is 0 Å². The second-order valence-electron chi connectivity index (χ2n) is 8.67. The lowest BCUT2D eigenvalue weighted by molar-refractivity contribution is 0.460. The Kier molecular flexibility index (Phi) is 4.26. The van der Waals surface area contributed by atoms with Crippen LogP contribution in [0.2, 0.25) is 0 Å². The Morgan fingerprint density at radius 3 is 2.61 bits per heavy atom. The lowest BCUT2D eigenvalue weighted by atomic mass is 9.83. The molecule has 1 N–H and O–H groups in total. The summed E-state index contributed by atoms with van der Waals surface area (Å²) in [5, 5.41) is 3.54. The van der Waals surface area contributed by atoms with Gasteiger partial charge in [-0.05, 0) is 62.6 Å². The minimum atomic E-state index is -0.728. The van der Waals surface area contributed by atoms with Crippen molar-refractivity contribution in [2.24, 2.45) is 0 Å². The van der Waals surface area contributed by atoms with E-state index in [1.54, 1.807) is 6.20 Å². The van der Waals surface area contributed by atoms with Gasteiger partial charge in [-0.25, -0.2) is 8.78 Å². The van der Waals surface area contributed by atoms with Gasteiger partial charge < -0.3 is 10.1 Å². The number of hydrogen-bond acceptors (Lipinski definition) is 3. The molecule has 3 heterocycles. The third kappa shape index (κ3) is 3.21. The van der Waals surface area contributed by atoms with Crippen LogP contribution in [-0.2, 0) is 0 Å². The number of nitrogens with one attached hydrogen (secondary N) is 1. The second kappa shape index (κ2) is 6.77. The van der Waals surface area contributed by atoms with Crippen LogP contribution in [0, 0.1) is 18.6 Å². The highest BCUT2D eigenvalue weighted by Gasteiger charge is 2.32. The summed E-state index contributed by atoms with van der Waals surface area (Å²) >= 11 is 0. The zero-order chi connectivity index (χ0) is 21.9. The Morgan fingerprint density at radius 1 is 1.03 bits per heavy atom. The number of allylic oxidation sites excluding steroid dienone is 1. The first-order valence-corrected chi connectivity index (χ1v) is 10.2. The molecule has 156 valence electrons. The maximum Gasteiger partial charge on any atom is 0.171 e. The van der Waals surface area contributed by atoms with Gasteiger partial charge in [0.25, 0.3) is 0 Å². The highest BCUT2D eigenvalue weighted by Crippen LogP contribution is 2.50. The number of anilines is 1. The Bertz CT molecular complexity index is 1300. The van der Waals surface area contributed by atoms with Crippen molar-refractivity contribution < 1.29 is 13.5 Å². The maximum atomic E-state index is 14.7. The third-order valence-electron chi connectivity index (χ3n) is 5.71. The van der Waals surface area contributed by atoms with E-state index in [0.29, 0.717) is 11.3 Å². The van der Waals surface area contributed by atoms with Crippen molar-refractivity contribution in [2.75, 3.05) is 5.32 Å². The summed E-state index contributed by atoms with van der Waals surface area (Å²) in [4.78, 5) is 4.45. The minimum Gasteiger partial charge on any atom is -0.453 e. The molecule has 0 unspecified atom stereocenters. The van der Waals surface area contributed by atoms with Gasteiger partial charge in [-0.15, -0.1) is 0 Å². The van der Waals surface area contributed by atoms with Gasteiger partial charge in [0.05, 0.1) is 11.2 Å². The van der Waals surface area contributed by atoms with Crippen LogP contribution in [0.1, 0.15) is 43.2 Å². The molecular formula is C26H22F2N2O. The molecule has 2 aliphatic rings. The van der Waals surface area contributed by atoms with E-state index in [1.807, 2.05) is 44.2 Å². The Morgan fingerprint density at radius 2 is 1.84 bits per heavy atom. The summed E-state index contributed by atoms with van der Waals surface area (Å²) in [6.07, 6.45) is 5.69. The van der Waals surface area contributed by atoms with E-state index in [-0.39, 0.29) is 11.3 Å². The largest absolute Gasteiger partial charge is 0.453 e. The number of rotatable bonds is 1. The molecule has 0 saturated carbocycles. The first kappa shape index (κ1) is 19.5. The van der Waals surface area contributed by atoms with Crippen LogP contribution in [0.4, 0.5) is 14.5 Å². The number of pyridine rings is 1. The van der Waals surface area contributed by atoms with Crippen LogP contribution in [-0.4, -0.2) is 10.5 Å². The van der Waals surface area contributed by atoms with Gasteiger partial charge in [0.1, 0.15) is 11.6 Å². The number of hydrogen-bond donors (Lipinski definition) is 1. The summed E-state index contributed by atoms with van der Waals surface area (Å²) in [6.45, 7) is 8.21. The van der Waals surface area contributed by atoms with E-state index < -0.39 is 11.6 Å². The molecule has 0 bridgehead atoms. The van der Waals surface area contributed by atoms with Crippen molar-refractivity contribution in [3.63, 3.8) is 0 Å². The lowest BCUT2D eigenvalue weighted by Crippen LogP contribution is -2.32. The zero-order valence-corrected chi connectivity index (χ0v) is 17.8. The fraction of sp³-hybridized carbons (Fsp3) is 0.192. The molecular weight excluding hydrogens is 394 g/mol. The van der Waals surface area contributed by atoms with Gasteiger partial charge in [0, 0.05) is 40.7 Å². The van der Waals surface area contributed by atoms with Crippen LogP contribution in [0.25, 0.3) is 28.5 Å². The number of aryl methyl sites for hydroxylation is 1. The first-order chi connectivity index (χ1) is 14.7. The van der Waals surface area contributed by atoms with Gasteiger partial charge in [0.15, 0.2) is 11.6 Å². The number of benzene rings is 2. The molecule has 0 atom stereocenters. The number of nitrogens with zero attached hydrogens (tertiary/aromatic N) is 1. The predicted octanol–water partition coefficient (Wildman–Crippen LogP) is 6.83. The highest BCUT2D eigenvalue weighted by molar-refractivity contribution is 6.00. The smallest absolute Gasteiger partial charge is 0.171 e. The molecule has 2 aromatic carbocycles. The number of aromatic nitrogens is 1. The molecule has 0 aliphatic carbocycles. The molecule has 5 heteroatoms. The van der Waals surface area contributed by atoms with Crippen molar-refractivity contribution in [3.05, 3.63) is 82.7 Å². The van der Waals surface area contributed by atoms with Gasteiger partial charge in [-0.2, -0.15) is 0 Å². The third-order valence-corrected chi connectivity index (χ3v) is 5.71. The lowest BCUT2D eigenvalue weighted by Gasteiger charge is -2.35. The quantitative estimate of drug-likeness (QED) is 0.472. The van der Waals surface area contributed by atoms with Crippen LogP contribution in [0.3, 0.4) is 0 Å². The molecule has 1 aromatic heterocycles. The van der Waals surface area contributed by atoms with E-state index in [2.05, 4.69) is 30.2 Å². The molecule has 0 spiro atoms. The molecule has 0 fully saturated rings. The van der Waals surface area contributed by atoms with Crippen LogP contribution < -0.4 is 10.1 Å². The first-order valence-electron chi connectivity index (χ1n) is 10.2. The van der Waals surface area contributed by atoms with E-state index in [1.165, 1.54) is 6.07 Å². The van der Waals surface area contributed by atoms with E-state index >= 15 is 0 Å². The molecule has 5 rings (SSSR count). The fourth-order valence-electron chi connectivity index (χ4n) is 4.49. The normalized spacial score (nSPS) is 17.1. The SMILES string of the molecule is CC1=CC(C)(C)Nc2ccc3c(c21)/C(=C/c1ncccc1C)Oc1c(F)cc(F)cc1-3. The Balaban J connectivity index is 1.84. The molecule has 2 aliphatic heterocycles. The average Bonchev–Trinajstić information content (AvgIpc) is 2.69. The predicted molar refractivity (Wildman–Crippen MR) is 121 cm³/mol. The van der Waals surface area contributed by atoms with E-state index in [0.717, 1.165) is 45.3 Å². The summed E-state index contributed by atoms with van der Waals surface area (Å²) in [5.74, 6) is -0.850. The molecule has 3 nitrogen and oxygen atoms in total. The van der Waals surface area contributed by atoms with Crippen LogP contribution in [0.15, 0.2) is 48.7 Å². The highest BCUT2D eigenvalue weighted by atomic mass is 19.1. The molecule has 0 radical (unpaired) electrons. The van der Waals surface area contributed by atoms with Crippen molar-refractivity contribution in [1.29, 1.82) is 0 Å². The van der Waals surface area contributed by atoms with Gasteiger partial charge >= 0.3 is 0 Å².